The molecule has 0 amide bonds. The second kappa shape index (κ2) is 6.26. The molecule has 5 heteroatoms. The molecule has 0 spiro atoms. The number of carbonyl (C=O) groups excluding carboxylic acids is 1. The van der Waals surface area contributed by atoms with Gasteiger partial charge in [-0.1, -0.05) is 29.8 Å². The van der Waals surface area contributed by atoms with Crippen LogP contribution in [0.15, 0.2) is 53.2 Å². The summed E-state index contributed by atoms with van der Waals surface area (Å²) in [5, 5.41) is 0.487. The van der Waals surface area contributed by atoms with E-state index in [1.54, 1.807) is 31.4 Å². The fourth-order valence-electron chi connectivity index (χ4n) is 2.31. The molecule has 0 unspecified atom stereocenters. The molecule has 3 rings (SSSR count). The van der Waals surface area contributed by atoms with E-state index in [-0.39, 0.29) is 11.6 Å². The Hall–Kier alpha value is -2.59. The number of ether oxygens (including phenoxy) is 2. The van der Waals surface area contributed by atoms with Crippen molar-refractivity contribution in [2.24, 2.45) is 4.99 Å². The fourth-order valence-corrected chi connectivity index (χ4v) is 2.52. The molecule has 2 aromatic carbocycles. The van der Waals surface area contributed by atoms with Gasteiger partial charge in [-0.05, 0) is 48.4 Å². The smallest absolute Gasteiger partial charge is 0.363 e. The van der Waals surface area contributed by atoms with Gasteiger partial charge >= 0.3 is 5.97 Å². The Labute approximate surface area is 139 Å². The van der Waals surface area contributed by atoms with Crippen LogP contribution in [0, 0.1) is 6.92 Å². The van der Waals surface area contributed by atoms with Gasteiger partial charge in [0.1, 0.15) is 5.75 Å². The van der Waals surface area contributed by atoms with Gasteiger partial charge in [-0.25, -0.2) is 9.79 Å². The molecule has 2 aromatic rings. The molecule has 4 nitrogen and oxygen atoms in total. The van der Waals surface area contributed by atoms with Crippen molar-refractivity contribution >= 4 is 29.5 Å². The van der Waals surface area contributed by atoms with Crippen molar-refractivity contribution in [3.8, 4) is 5.75 Å². The highest BCUT2D eigenvalue weighted by Gasteiger charge is 2.25. The first kappa shape index (κ1) is 15.3. The van der Waals surface area contributed by atoms with Gasteiger partial charge < -0.3 is 9.47 Å². The molecule has 0 atom stereocenters. The van der Waals surface area contributed by atoms with E-state index in [1.807, 2.05) is 31.2 Å². The third-order valence-electron chi connectivity index (χ3n) is 3.45. The van der Waals surface area contributed by atoms with Crippen LogP contribution < -0.4 is 4.74 Å². The number of aryl methyl sites for hydroxylation is 1. The summed E-state index contributed by atoms with van der Waals surface area (Å²) >= 11 is 6.11. The first-order valence-corrected chi connectivity index (χ1v) is 7.38. The molecule has 1 aliphatic rings. The molecular formula is C18H14ClNO3. The molecule has 0 bridgehead atoms. The number of nitrogens with zero attached hydrogens (tertiary/aromatic N) is 1. The summed E-state index contributed by atoms with van der Waals surface area (Å²) in [7, 11) is 1.62. The number of rotatable bonds is 3. The monoisotopic (exact) mass is 327 g/mol. The van der Waals surface area contributed by atoms with E-state index in [1.165, 1.54) is 0 Å². The quantitative estimate of drug-likeness (QED) is 0.632. The van der Waals surface area contributed by atoms with Crippen LogP contribution in [-0.2, 0) is 9.53 Å². The number of cyclic esters (lactones) is 1. The minimum atomic E-state index is -0.492. The SMILES string of the molecule is COc1ccc(/C=C2/N=C(c3ccccc3Cl)OC2=O)cc1C. The third-order valence-corrected chi connectivity index (χ3v) is 3.78. The number of hydrogen-bond donors (Lipinski definition) is 0. The van der Waals surface area contributed by atoms with Crippen LogP contribution in [0.1, 0.15) is 16.7 Å². The lowest BCUT2D eigenvalue weighted by Crippen LogP contribution is -2.05. The number of benzene rings is 2. The van der Waals surface area contributed by atoms with Gasteiger partial charge in [-0.15, -0.1) is 0 Å². The van der Waals surface area contributed by atoms with Crippen LogP contribution in [0.25, 0.3) is 6.08 Å². The lowest BCUT2D eigenvalue weighted by molar-refractivity contribution is -0.129. The Morgan fingerprint density at radius 3 is 2.70 bits per heavy atom. The number of methoxy groups -OCH3 is 1. The third kappa shape index (κ3) is 3.12. The Kier molecular flexibility index (Phi) is 4.17. The first-order chi connectivity index (χ1) is 11.1. The van der Waals surface area contributed by atoms with Crippen molar-refractivity contribution in [3.63, 3.8) is 0 Å². The zero-order chi connectivity index (χ0) is 16.4. The van der Waals surface area contributed by atoms with Crippen molar-refractivity contribution < 1.29 is 14.3 Å². The molecule has 0 N–H and O–H groups in total. The number of hydrogen-bond acceptors (Lipinski definition) is 4. The maximum absolute atomic E-state index is 12.0. The number of esters is 1. The maximum atomic E-state index is 12.0. The van der Waals surface area contributed by atoms with E-state index in [2.05, 4.69) is 4.99 Å². The van der Waals surface area contributed by atoms with Gasteiger partial charge in [0.05, 0.1) is 17.7 Å². The lowest BCUT2D eigenvalue weighted by atomic mass is 10.1. The summed E-state index contributed by atoms with van der Waals surface area (Å²) in [6.45, 7) is 1.94. The average Bonchev–Trinajstić information content (AvgIpc) is 2.89. The highest BCUT2D eigenvalue weighted by Crippen LogP contribution is 2.25. The Balaban J connectivity index is 1.95. The lowest BCUT2D eigenvalue weighted by Gasteiger charge is -2.04. The van der Waals surface area contributed by atoms with Crippen molar-refractivity contribution in [1.29, 1.82) is 0 Å². The predicted octanol–water partition coefficient (Wildman–Crippen LogP) is 4.00. The van der Waals surface area contributed by atoms with E-state index in [9.17, 15) is 4.79 Å². The summed E-state index contributed by atoms with van der Waals surface area (Å²) in [5.74, 6) is 0.520. The van der Waals surface area contributed by atoms with E-state index in [0.29, 0.717) is 10.6 Å². The van der Waals surface area contributed by atoms with Crippen LogP contribution in [0.5, 0.6) is 5.75 Å². The summed E-state index contributed by atoms with van der Waals surface area (Å²) in [6.07, 6.45) is 1.68. The van der Waals surface area contributed by atoms with Crippen LogP contribution >= 0.6 is 11.6 Å². The molecule has 116 valence electrons. The molecule has 0 fully saturated rings. The highest BCUT2D eigenvalue weighted by atomic mass is 35.5. The summed E-state index contributed by atoms with van der Waals surface area (Å²) < 4.78 is 10.4. The second-order valence-corrected chi connectivity index (χ2v) is 5.45. The summed E-state index contributed by atoms with van der Waals surface area (Å²) in [4.78, 5) is 16.3. The molecule has 0 aliphatic carbocycles. The number of carbonyl (C=O) groups is 1. The minimum absolute atomic E-state index is 0.220. The zero-order valence-corrected chi connectivity index (χ0v) is 13.4. The van der Waals surface area contributed by atoms with Crippen LogP contribution in [0.4, 0.5) is 0 Å². The van der Waals surface area contributed by atoms with Crippen LogP contribution in [0.2, 0.25) is 5.02 Å². The van der Waals surface area contributed by atoms with Gasteiger partial charge in [0.25, 0.3) is 0 Å². The molecule has 0 radical (unpaired) electrons. The van der Waals surface area contributed by atoms with Crippen molar-refractivity contribution in [2.45, 2.75) is 6.92 Å². The molecule has 1 heterocycles. The maximum Gasteiger partial charge on any atom is 0.363 e. The molecule has 23 heavy (non-hydrogen) atoms. The van der Waals surface area contributed by atoms with Crippen molar-refractivity contribution in [2.75, 3.05) is 7.11 Å². The van der Waals surface area contributed by atoms with Crippen molar-refractivity contribution in [3.05, 3.63) is 69.9 Å². The number of aliphatic imine (C=N–C) groups is 1. The first-order valence-electron chi connectivity index (χ1n) is 7.00. The van der Waals surface area contributed by atoms with E-state index >= 15 is 0 Å². The molecular weight excluding hydrogens is 314 g/mol. The Morgan fingerprint density at radius 2 is 2.00 bits per heavy atom. The van der Waals surface area contributed by atoms with Crippen LogP contribution in [0.3, 0.4) is 0 Å². The zero-order valence-electron chi connectivity index (χ0n) is 12.7. The molecule has 0 saturated carbocycles. The predicted molar refractivity (Wildman–Crippen MR) is 89.8 cm³/mol. The standard InChI is InChI=1S/C18H14ClNO3/c1-11-9-12(7-8-16(11)22-2)10-15-18(21)23-17(20-15)13-5-3-4-6-14(13)19/h3-10H,1-2H3/b15-10+. The highest BCUT2D eigenvalue weighted by molar-refractivity contribution is 6.34. The van der Waals surface area contributed by atoms with Gasteiger partial charge in [-0.2, -0.15) is 0 Å². The van der Waals surface area contributed by atoms with E-state index in [4.69, 9.17) is 21.1 Å². The fraction of sp³-hybridized carbons (Fsp3) is 0.111. The average molecular weight is 328 g/mol. The van der Waals surface area contributed by atoms with E-state index in [0.717, 1.165) is 16.9 Å². The topological polar surface area (TPSA) is 47.9 Å². The molecule has 0 saturated heterocycles. The van der Waals surface area contributed by atoms with Gasteiger partial charge in [0.2, 0.25) is 5.90 Å². The second-order valence-electron chi connectivity index (χ2n) is 5.04. The largest absolute Gasteiger partial charge is 0.496 e. The van der Waals surface area contributed by atoms with Gasteiger partial charge in [-0.3, -0.25) is 0 Å². The molecule has 0 aromatic heterocycles. The minimum Gasteiger partial charge on any atom is -0.496 e. The van der Waals surface area contributed by atoms with Gasteiger partial charge in [0.15, 0.2) is 5.70 Å². The molecule has 1 aliphatic heterocycles. The summed E-state index contributed by atoms with van der Waals surface area (Å²) in [5.41, 5.74) is 2.66. The van der Waals surface area contributed by atoms with Crippen molar-refractivity contribution in [1.82, 2.24) is 0 Å². The Morgan fingerprint density at radius 1 is 1.22 bits per heavy atom. The van der Waals surface area contributed by atoms with E-state index < -0.39 is 5.97 Å². The Bertz CT molecular complexity index is 840. The number of halogens is 1. The van der Waals surface area contributed by atoms with Gasteiger partial charge in [0, 0.05) is 0 Å². The normalized spacial score (nSPS) is 15.5. The summed E-state index contributed by atoms with van der Waals surface area (Å²) in [6, 6.07) is 12.7. The van der Waals surface area contributed by atoms with Crippen LogP contribution in [-0.4, -0.2) is 19.0 Å².